The van der Waals surface area contributed by atoms with E-state index < -0.39 is 47.2 Å². The number of carboxylic acid groups (broad SMARTS) is 1. The van der Waals surface area contributed by atoms with Crippen molar-refractivity contribution in [2.45, 2.75) is 39.6 Å². The van der Waals surface area contributed by atoms with E-state index in [1.165, 1.54) is 23.9 Å². The number of halogens is 4. The summed E-state index contributed by atoms with van der Waals surface area (Å²) < 4.78 is 100.0. The summed E-state index contributed by atoms with van der Waals surface area (Å²) in [7, 11) is -5.01. The van der Waals surface area contributed by atoms with E-state index in [4.69, 9.17) is 11.6 Å². The predicted molar refractivity (Wildman–Crippen MR) is 262 cm³/mol. The van der Waals surface area contributed by atoms with E-state index in [1.54, 1.807) is 31.2 Å². The predicted octanol–water partition coefficient (Wildman–Crippen LogP) is 9.96. The number of sulfonamides is 1. The van der Waals surface area contributed by atoms with Crippen molar-refractivity contribution in [2.75, 3.05) is 72.4 Å². The highest BCUT2D eigenvalue weighted by atomic mass is 35.5. The summed E-state index contributed by atoms with van der Waals surface area (Å²) in [6, 6.07) is 33.2. The Balaban J connectivity index is 1.05. The summed E-state index contributed by atoms with van der Waals surface area (Å²) >= 11 is 7.64. The van der Waals surface area contributed by atoms with Gasteiger partial charge >= 0.3 is 11.5 Å². The highest BCUT2D eigenvalue weighted by molar-refractivity contribution is 7.99. The first-order valence-corrected chi connectivity index (χ1v) is 25.5. The van der Waals surface area contributed by atoms with E-state index in [2.05, 4.69) is 19.8 Å². The van der Waals surface area contributed by atoms with Gasteiger partial charge in [0, 0.05) is 83.3 Å². The monoisotopic (exact) mass is 994 g/mol. The van der Waals surface area contributed by atoms with Gasteiger partial charge in [-0.25, -0.2) is 21.6 Å². The molecule has 1 unspecified atom stereocenters. The fraction of sp³-hybridized carbons (Fsp3) is 0.271. The summed E-state index contributed by atoms with van der Waals surface area (Å²) in [4.78, 5) is 18.0. The lowest BCUT2D eigenvalue weighted by Crippen LogP contribution is -2.46. The molecule has 1 aliphatic rings. The average molecular weight is 996 g/mol. The van der Waals surface area contributed by atoms with Gasteiger partial charge in [0.2, 0.25) is 0 Å². The first kappa shape index (κ1) is 49.3. The standard InChI is InChI=1S/C48H50ClF3N6O6S3/c1-32-44(47(59)60)45(46(56(32)4)33-13-15-35(49)16-14-33)34-9-8-10-39(29-34)58-27-25-57(26-28-58)38-19-17-36(18-20-38)54-67(63,64)41-21-22-42(43(30-41)66(61,62)48(50,51)52)53-37(23-24-55(2)3)31-65-40-11-6-5-7-12-40/h5-22,29-30,37,53-54H,23-28,31H2,1-4H3,(H,59,60). The third kappa shape index (κ3) is 11.2. The van der Waals surface area contributed by atoms with Gasteiger partial charge in [-0.05, 0) is 124 Å². The number of sulfone groups is 1. The molecule has 354 valence electrons. The topological polar surface area (TPSA) is 144 Å². The van der Waals surface area contributed by atoms with Gasteiger partial charge in [0.1, 0.15) is 4.90 Å². The number of aromatic carboxylic acids is 1. The zero-order valence-corrected chi connectivity index (χ0v) is 40.3. The van der Waals surface area contributed by atoms with Crippen molar-refractivity contribution in [3.63, 3.8) is 0 Å². The van der Waals surface area contributed by atoms with E-state index in [-0.39, 0.29) is 16.9 Å². The van der Waals surface area contributed by atoms with E-state index in [0.717, 1.165) is 45.2 Å². The first-order chi connectivity index (χ1) is 31.7. The quantitative estimate of drug-likeness (QED) is 0.0752. The molecule has 0 bridgehead atoms. The van der Waals surface area contributed by atoms with Gasteiger partial charge in [0.25, 0.3) is 19.9 Å². The van der Waals surface area contributed by atoms with E-state index in [1.807, 2.05) is 97.3 Å². The van der Waals surface area contributed by atoms with Crippen LogP contribution in [0.4, 0.5) is 35.9 Å². The molecular weight excluding hydrogens is 945 g/mol. The first-order valence-electron chi connectivity index (χ1n) is 21.2. The van der Waals surface area contributed by atoms with Crippen LogP contribution in [0.25, 0.3) is 22.4 Å². The van der Waals surface area contributed by atoms with Crippen LogP contribution in [0.1, 0.15) is 22.5 Å². The number of carbonyl (C=O) groups is 1. The molecule has 6 aromatic rings. The number of benzene rings is 5. The van der Waals surface area contributed by atoms with Crippen LogP contribution in [-0.2, 0) is 26.9 Å². The van der Waals surface area contributed by atoms with Crippen molar-refractivity contribution >= 4 is 71.9 Å². The summed E-state index contributed by atoms with van der Waals surface area (Å²) in [5.74, 6) is -0.633. The minimum absolute atomic E-state index is 0.123. The van der Waals surface area contributed by atoms with Crippen molar-refractivity contribution in [3.8, 4) is 22.4 Å². The number of alkyl halides is 3. The van der Waals surface area contributed by atoms with Crippen LogP contribution >= 0.6 is 23.4 Å². The molecule has 1 aliphatic heterocycles. The molecule has 1 saturated heterocycles. The third-order valence-corrected chi connectivity index (χ3v) is 16.0. The number of aromatic nitrogens is 1. The highest BCUT2D eigenvalue weighted by Crippen LogP contribution is 2.41. The van der Waals surface area contributed by atoms with Crippen LogP contribution in [0.3, 0.4) is 0 Å². The number of piperazine rings is 1. The molecule has 19 heteroatoms. The number of thioether (sulfide) groups is 1. The summed E-state index contributed by atoms with van der Waals surface area (Å²) in [5, 5.41) is 13.9. The normalized spacial score (nSPS) is 14.0. The maximum atomic E-state index is 14.1. The van der Waals surface area contributed by atoms with E-state index in [9.17, 15) is 39.9 Å². The molecule has 3 N–H and O–H groups in total. The molecule has 0 saturated carbocycles. The molecule has 12 nitrogen and oxygen atoms in total. The second kappa shape index (κ2) is 20.3. The van der Waals surface area contributed by atoms with E-state index >= 15 is 0 Å². The molecule has 0 spiro atoms. The Morgan fingerprint density at radius 3 is 2.07 bits per heavy atom. The smallest absolute Gasteiger partial charge is 0.478 e. The fourth-order valence-corrected chi connectivity index (χ4v) is 11.2. The SMILES string of the molecule is Cc1c(C(=O)O)c(-c2cccc(N3CCN(c4ccc(NS(=O)(=O)c5ccc(NC(CCN(C)C)CSc6ccccc6)c(S(=O)(=O)C(F)(F)F)c5)cc4)CC3)c2)c(-c2ccc(Cl)cc2)n1C. The number of nitrogens with zero attached hydrogens (tertiary/aromatic N) is 4. The average Bonchev–Trinajstić information content (AvgIpc) is 3.57. The number of nitrogens with one attached hydrogen (secondary N) is 2. The van der Waals surface area contributed by atoms with Crippen LogP contribution in [0, 0.1) is 6.92 Å². The summed E-state index contributed by atoms with van der Waals surface area (Å²) in [6.45, 7) is 4.79. The molecule has 7 rings (SSSR count). The Bertz CT molecular complexity index is 2950. The van der Waals surface area contributed by atoms with Crippen LogP contribution in [0.2, 0.25) is 5.02 Å². The van der Waals surface area contributed by atoms with Gasteiger partial charge in [-0.15, -0.1) is 11.8 Å². The van der Waals surface area contributed by atoms with Gasteiger partial charge in [-0.2, -0.15) is 13.2 Å². The Hall–Kier alpha value is -5.66. The molecule has 67 heavy (non-hydrogen) atoms. The van der Waals surface area contributed by atoms with Crippen LogP contribution in [-0.4, -0.2) is 102 Å². The number of hydrogen-bond acceptors (Lipinski definition) is 10. The Morgan fingerprint density at radius 1 is 0.821 bits per heavy atom. The Labute approximate surface area is 398 Å². The molecule has 0 aliphatic carbocycles. The number of carboxylic acids is 1. The fourth-order valence-electron chi connectivity index (χ4n) is 8.01. The van der Waals surface area contributed by atoms with Crippen molar-refractivity contribution < 1.29 is 39.9 Å². The molecule has 0 radical (unpaired) electrons. The lowest BCUT2D eigenvalue weighted by atomic mass is 9.96. The maximum Gasteiger partial charge on any atom is 0.501 e. The van der Waals surface area contributed by atoms with E-state index in [0.29, 0.717) is 67.2 Å². The summed E-state index contributed by atoms with van der Waals surface area (Å²) in [5.41, 5.74) is -0.403. The second-order valence-corrected chi connectivity index (χ2v) is 21.5. The second-order valence-electron chi connectivity index (χ2n) is 16.4. The van der Waals surface area contributed by atoms with Gasteiger partial charge in [-0.3, -0.25) is 4.72 Å². The number of anilines is 4. The van der Waals surface area contributed by atoms with Crippen molar-refractivity contribution in [2.24, 2.45) is 7.05 Å². The van der Waals surface area contributed by atoms with Gasteiger partial charge in [-0.1, -0.05) is 54.1 Å². The van der Waals surface area contributed by atoms with Crippen molar-refractivity contribution in [3.05, 3.63) is 138 Å². The molecule has 1 aromatic heterocycles. The lowest BCUT2D eigenvalue weighted by molar-refractivity contribution is -0.0435. The lowest BCUT2D eigenvalue weighted by Gasteiger charge is -2.37. The third-order valence-electron chi connectivity index (χ3n) is 11.6. The Kier molecular flexibility index (Phi) is 14.9. The number of hydrogen-bond donors (Lipinski definition) is 3. The molecule has 1 atom stereocenters. The van der Waals surface area contributed by atoms with Crippen LogP contribution in [0.15, 0.2) is 136 Å². The van der Waals surface area contributed by atoms with Crippen molar-refractivity contribution in [1.82, 2.24) is 9.47 Å². The molecular formula is C48H50ClF3N6O6S3. The maximum absolute atomic E-state index is 14.1. The Morgan fingerprint density at radius 2 is 1.46 bits per heavy atom. The van der Waals surface area contributed by atoms with Crippen molar-refractivity contribution in [1.29, 1.82) is 0 Å². The molecule has 2 heterocycles. The summed E-state index contributed by atoms with van der Waals surface area (Å²) in [6.07, 6.45) is 0.456. The zero-order chi connectivity index (χ0) is 48.3. The molecule has 1 fully saturated rings. The van der Waals surface area contributed by atoms with Gasteiger partial charge < -0.3 is 29.7 Å². The molecule has 5 aromatic carbocycles. The van der Waals surface area contributed by atoms with Gasteiger partial charge in [0.05, 0.1) is 21.8 Å². The van der Waals surface area contributed by atoms with Crippen LogP contribution < -0.4 is 19.8 Å². The van der Waals surface area contributed by atoms with Gasteiger partial charge in [0.15, 0.2) is 0 Å². The molecule has 0 amide bonds. The minimum atomic E-state index is -5.99. The highest BCUT2D eigenvalue weighted by Gasteiger charge is 2.48. The largest absolute Gasteiger partial charge is 0.501 e. The number of rotatable bonds is 17. The zero-order valence-electron chi connectivity index (χ0n) is 37.1. The van der Waals surface area contributed by atoms with Crippen LogP contribution in [0.5, 0.6) is 0 Å². The minimum Gasteiger partial charge on any atom is -0.478 e.